The molecule has 1 heterocycles. The van der Waals surface area contributed by atoms with Crippen molar-refractivity contribution in [3.8, 4) is 6.07 Å². The minimum Gasteiger partial charge on any atom is -0.340 e. The molecule has 0 aliphatic heterocycles. The van der Waals surface area contributed by atoms with Crippen LogP contribution in [0.3, 0.4) is 0 Å². The molecule has 0 aliphatic rings. The van der Waals surface area contributed by atoms with Crippen molar-refractivity contribution in [2.45, 2.75) is 19.4 Å². The van der Waals surface area contributed by atoms with Gasteiger partial charge in [0.25, 0.3) is 5.91 Å². The van der Waals surface area contributed by atoms with Crippen molar-refractivity contribution in [3.05, 3.63) is 93.2 Å². The van der Waals surface area contributed by atoms with Crippen LogP contribution in [0.2, 0.25) is 0 Å². The molecule has 0 fully saturated rings. The maximum Gasteiger partial charge on any atom is 0.252 e. The van der Waals surface area contributed by atoms with Gasteiger partial charge in [0, 0.05) is 10.4 Å². The van der Waals surface area contributed by atoms with Crippen molar-refractivity contribution in [1.82, 2.24) is 5.32 Å². The van der Waals surface area contributed by atoms with E-state index in [-0.39, 0.29) is 11.9 Å². The van der Waals surface area contributed by atoms with Gasteiger partial charge in [-0.2, -0.15) is 5.26 Å². The van der Waals surface area contributed by atoms with Gasteiger partial charge >= 0.3 is 0 Å². The van der Waals surface area contributed by atoms with E-state index in [1.807, 2.05) is 17.5 Å². The Morgan fingerprint density at radius 2 is 1.84 bits per heavy atom. The Hall–Kier alpha value is -2.90. The number of benzene rings is 2. The Morgan fingerprint density at radius 3 is 2.40 bits per heavy atom. The van der Waals surface area contributed by atoms with Crippen LogP contribution in [-0.4, -0.2) is 5.91 Å². The first-order chi connectivity index (χ1) is 12.2. The highest BCUT2D eigenvalue weighted by molar-refractivity contribution is 7.10. The van der Waals surface area contributed by atoms with E-state index in [1.54, 1.807) is 35.6 Å². The average molecular weight is 346 g/mol. The number of nitriles is 1. The summed E-state index contributed by atoms with van der Waals surface area (Å²) in [4.78, 5) is 13.7. The third kappa shape index (κ3) is 3.96. The number of amides is 1. The molecule has 0 bridgehead atoms. The minimum absolute atomic E-state index is 0.151. The highest BCUT2D eigenvalue weighted by atomic mass is 32.1. The molecule has 124 valence electrons. The van der Waals surface area contributed by atoms with Crippen molar-refractivity contribution < 1.29 is 4.79 Å². The monoisotopic (exact) mass is 346 g/mol. The molecule has 0 saturated carbocycles. The maximum absolute atomic E-state index is 12.7. The van der Waals surface area contributed by atoms with E-state index < -0.39 is 0 Å². The lowest BCUT2D eigenvalue weighted by Crippen LogP contribution is -2.28. The predicted octanol–water partition coefficient (Wildman–Crippen LogP) is 4.70. The second-order valence-electron chi connectivity index (χ2n) is 5.71. The number of aryl methyl sites for hydroxylation is 1. The van der Waals surface area contributed by atoms with Crippen LogP contribution in [0.4, 0.5) is 0 Å². The number of rotatable bonds is 5. The zero-order valence-corrected chi connectivity index (χ0v) is 14.7. The van der Waals surface area contributed by atoms with Crippen molar-refractivity contribution in [2.24, 2.45) is 0 Å². The van der Waals surface area contributed by atoms with Gasteiger partial charge in [-0.15, -0.1) is 11.3 Å². The smallest absolute Gasteiger partial charge is 0.252 e. The van der Waals surface area contributed by atoms with Gasteiger partial charge in [0.1, 0.15) is 0 Å². The summed E-state index contributed by atoms with van der Waals surface area (Å²) in [6.07, 6.45) is 0.988. The van der Waals surface area contributed by atoms with E-state index in [4.69, 9.17) is 5.26 Å². The predicted molar refractivity (Wildman–Crippen MR) is 101 cm³/mol. The molecular weight excluding hydrogens is 328 g/mol. The van der Waals surface area contributed by atoms with Crippen LogP contribution in [0, 0.1) is 11.3 Å². The topological polar surface area (TPSA) is 52.9 Å². The summed E-state index contributed by atoms with van der Waals surface area (Å²) in [5, 5.41) is 14.0. The van der Waals surface area contributed by atoms with Crippen LogP contribution < -0.4 is 5.32 Å². The zero-order valence-electron chi connectivity index (χ0n) is 13.9. The Balaban J connectivity index is 1.87. The molecule has 0 unspecified atom stereocenters. The number of carbonyl (C=O) groups is 1. The van der Waals surface area contributed by atoms with E-state index in [0.29, 0.717) is 11.1 Å². The number of hydrogen-bond acceptors (Lipinski definition) is 3. The first-order valence-electron chi connectivity index (χ1n) is 8.14. The number of hydrogen-bond donors (Lipinski definition) is 1. The third-order valence-corrected chi connectivity index (χ3v) is 5.04. The first-order valence-corrected chi connectivity index (χ1v) is 9.02. The van der Waals surface area contributed by atoms with E-state index in [9.17, 15) is 4.79 Å². The normalized spacial score (nSPS) is 11.5. The lowest BCUT2D eigenvalue weighted by Gasteiger charge is -2.18. The fourth-order valence-corrected chi connectivity index (χ4v) is 3.43. The van der Waals surface area contributed by atoms with Crippen LogP contribution in [-0.2, 0) is 6.42 Å². The van der Waals surface area contributed by atoms with Crippen molar-refractivity contribution in [2.75, 3.05) is 0 Å². The molecule has 0 radical (unpaired) electrons. The molecule has 4 heteroatoms. The third-order valence-electron chi connectivity index (χ3n) is 4.10. The summed E-state index contributed by atoms with van der Waals surface area (Å²) < 4.78 is 0. The molecule has 3 nitrogen and oxygen atoms in total. The van der Waals surface area contributed by atoms with Crippen LogP contribution in [0.1, 0.15) is 44.9 Å². The molecule has 0 spiro atoms. The minimum atomic E-state index is -0.186. The fraction of sp³-hybridized carbons (Fsp3) is 0.143. The summed E-state index contributed by atoms with van der Waals surface area (Å²) in [5.41, 5.74) is 3.42. The van der Waals surface area contributed by atoms with Gasteiger partial charge in [0.2, 0.25) is 0 Å². The molecule has 0 saturated heterocycles. The Bertz CT molecular complexity index is 875. The molecule has 1 atom stereocenters. The van der Waals surface area contributed by atoms with Gasteiger partial charge in [-0.1, -0.05) is 37.3 Å². The lowest BCUT2D eigenvalue weighted by molar-refractivity contribution is 0.0943. The van der Waals surface area contributed by atoms with Crippen molar-refractivity contribution >= 4 is 17.2 Å². The van der Waals surface area contributed by atoms with E-state index >= 15 is 0 Å². The summed E-state index contributed by atoms with van der Waals surface area (Å²) in [7, 11) is 0. The largest absolute Gasteiger partial charge is 0.340 e. The van der Waals surface area contributed by atoms with Crippen LogP contribution >= 0.6 is 11.3 Å². The van der Waals surface area contributed by atoms with Crippen LogP contribution in [0.25, 0.3) is 0 Å². The SMILES string of the molecule is CCc1ccc([C@H](NC(=O)c2ccc(C#N)cc2)c2cccs2)cc1. The lowest BCUT2D eigenvalue weighted by atomic mass is 10.0. The first kappa shape index (κ1) is 16.9. The summed E-state index contributed by atoms with van der Waals surface area (Å²) in [5.74, 6) is -0.151. The molecule has 25 heavy (non-hydrogen) atoms. The van der Waals surface area contributed by atoms with Gasteiger partial charge in [-0.25, -0.2) is 0 Å². The summed E-state index contributed by atoms with van der Waals surface area (Å²) >= 11 is 1.62. The Morgan fingerprint density at radius 1 is 1.12 bits per heavy atom. The molecule has 2 aromatic carbocycles. The molecular formula is C21H18N2OS. The number of nitrogens with zero attached hydrogens (tertiary/aromatic N) is 1. The van der Waals surface area contributed by atoms with Crippen molar-refractivity contribution in [1.29, 1.82) is 5.26 Å². The highest BCUT2D eigenvalue weighted by Gasteiger charge is 2.18. The van der Waals surface area contributed by atoms with Gasteiger partial charge in [-0.3, -0.25) is 4.79 Å². The molecule has 3 aromatic rings. The number of nitrogens with one attached hydrogen (secondary N) is 1. The van der Waals surface area contributed by atoms with Gasteiger partial charge in [-0.05, 0) is 53.3 Å². The van der Waals surface area contributed by atoms with Gasteiger partial charge < -0.3 is 5.32 Å². The maximum atomic E-state index is 12.7. The van der Waals surface area contributed by atoms with Crippen molar-refractivity contribution in [3.63, 3.8) is 0 Å². The van der Waals surface area contributed by atoms with Crippen LogP contribution in [0.15, 0.2) is 66.0 Å². The standard InChI is InChI=1S/C21H18N2OS/c1-2-15-5-9-17(10-6-15)20(19-4-3-13-25-19)23-21(24)18-11-7-16(14-22)8-12-18/h3-13,20H,2H2,1H3,(H,23,24)/t20-/m0/s1. The van der Waals surface area contributed by atoms with E-state index in [0.717, 1.165) is 16.9 Å². The molecule has 3 rings (SSSR count). The Kier molecular flexibility index (Phi) is 5.27. The van der Waals surface area contributed by atoms with Gasteiger partial charge in [0.15, 0.2) is 0 Å². The quantitative estimate of drug-likeness (QED) is 0.728. The molecule has 0 aliphatic carbocycles. The second-order valence-corrected chi connectivity index (χ2v) is 6.69. The number of carbonyl (C=O) groups excluding carboxylic acids is 1. The van der Waals surface area contributed by atoms with E-state index in [2.05, 4.69) is 42.6 Å². The Labute approximate surface area is 151 Å². The summed E-state index contributed by atoms with van der Waals surface area (Å²) in [6, 6.07) is 20.9. The molecule has 1 aromatic heterocycles. The zero-order chi connectivity index (χ0) is 17.6. The van der Waals surface area contributed by atoms with Gasteiger partial charge in [0.05, 0.1) is 17.7 Å². The summed E-state index contributed by atoms with van der Waals surface area (Å²) in [6.45, 7) is 2.12. The fourth-order valence-electron chi connectivity index (χ4n) is 2.63. The van der Waals surface area contributed by atoms with Crippen LogP contribution in [0.5, 0.6) is 0 Å². The highest BCUT2D eigenvalue weighted by Crippen LogP contribution is 2.27. The molecule has 1 amide bonds. The van der Waals surface area contributed by atoms with E-state index in [1.165, 1.54) is 5.56 Å². The molecule has 1 N–H and O–H groups in total. The average Bonchev–Trinajstić information content (AvgIpc) is 3.20. The number of thiophene rings is 1. The second kappa shape index (κ2) is 7.78.